The Hall–Kier alpha value is -1.08. The van der Waals surface area contributed by atoms with Crippen molar-refractivity contribution in [2.45, 2.75) is 20.8 Å². The topological polar surface area (TPSA) is 0 Å². The smallest absolute Gasteiger partial charge is 0.00641 e. The van der Waals surface area contributed by atoms with E-state index in [0.717, 1.165) is 0 Å². The van der Waals surface area contributed by atoms with E-state index in [2.05, 4.69) is 61.9 Å². The first kappa shape index (κ1) is 11.0. The van der Waals surface area contributed by atoms with E-state index >= 15 is 0 Å². The molecule has 0 nitrogen and oxygen atoms in total. The van der Waals surface area contributed by atoms with Gasteiger partial charge in [0.1, 0.15) is 0 Å². The summed E-state index contributed by atoms with van der Waals surface area (Å²) in [6, 6.07) is 10.6. The van der Waals surface area contributed by atoms with E-state index in [9.17, 15) is 0 Å². The maximum absolute atomic E-state index is 2.17. The summed E-state index contributed by atoms with van der Waals surface area (Å²) in [5, 5.41) is 4.20. The molecular weight excluding hydrogens is 188 g/mol. The van der Waals surface area contributed by atoms with Crippen LogP contribution in [0.1, 0.15) is 16.7 Å². The fraction of sp³-hybridized carbons (Fsp3) is 0.231. The lowest BCUT2D eigenvalue weighted by Crippen LogP contribution is -1.71. The lowest BCUT2D eigenvalue weighted by Gasteiger charge is -1.90. The van der Waals surface area contributed by atoms with E-state index < -0.39 is 0 Å². The van der Waals surface area contributed by atoms with Crippen molar-refractivity contribution in [3.05, 3.63) is 57.8 Å². The first-order valence-corrected chi connectivity index (χ1v) is 5.65. The quantitative estimate of drug-likeness (QED) is 0.598. The van der Waals surface area contributed by atoms with Crippen LogP contribution in [0.3, 0.4) is 0 Å². The fourth-order valence-corrected chi connectivity index (χ4v) is 1.80. The van der Waals surface area contributed by atoms with Crippen molar-refractivity contribution in [2.24, 2.45) is 0 Å². The molecule has 0 fully saturated rings. The molecule has 0 aliphatic heterocycles. The SMILES string of the molecule is Cc1cccc(C)c1.Cc1ccsc1. The third-order valence-corrected chi connectivity index (χ3v) is 2.64. The number of rotatable bonds is 0. The molecule has 14 heavy (non-hydrogen) atoms. The van der Waals surface area contributed by atoms with Gasteiger partial charge < -0.3 is 0 Å². The molecule has 1 aromatic heterocycles. The molecule has 0 saturated heterocycles. The molecule has 0 atom stereocenters. The minimum atomic E-state index is 1.34. The van der Waals surface area contributed by atoms with Crippen molar-refractivity contribution in [3.63, 3.8) is 0 Å². The summed E-state index contributed by atoms with van der Waals surface area (Å²) < 4.78 is 0. The molecule has 0 radical (unpaired) electrons. The highest BCUT2D eigenvalue weighted by molar-refractivity contribution is 7.07. The van der Waals surface area contributed by atoms with Crippen LogP contribution in [-0.4, -0.2) is 0 Å². The second-order valence-electron chi connectivity index (χ2n) is 3.46. The monoisotopic (exact) mass is 204 g/mol. The predicted molar refractivity (Wildman–Crippen MR) is 65.0 cm³/mol. The number of thiophene rings is 1. The van der Waals surface area contributed by atoms with Crippen LogP contribution in [0.5, 0.6) is 0 Å². The molecule has 0 aliphatic carbocycles. The van der Waals surface area contributed by atoms with E-state index in [-0.39, 0.29) is 0 Å². The first-order chi connectivity index (χ1) is 6.68. The number of hydrogen-bond donors (Lipinski definition) is 0. The molecule has 0 N–H and O–H groups in total. The average Bonchev–Trinajstić information content (AvgIpc) is 2.56. The average molecular weight is 204 g/mol. The van der Waals surface area contributed by atoms with Crippen LogP contribution in [0, 0.1) is 20.8 Å². The van der Waals surface area contributed by atoms with Crippen LogP contribution in [0.4, 0.5) is 0 Å². The van der Waals surface area contributed by atoms with Gasteiger partial charge in [0.25, 0.3) is 0 Å². The summed E-state index contributed by atoms with van der Waals surface area (Å²) in [6.45, 7) is 6.30. The van der Waals surface area contributed by atoms with Crippen LogP contribution in [0.2, 0.25) is 0 Å². The van der Waals surface area contributed by atoms with E-state index in [1.54, 1.807) is 11.3 Å². The molecule has 0 aliphatic rings. The highest BCUT2D eigenvalue weighted by Gasteiger charge is 1.80. The van der Waals surface area contributed by atoms with E-state index in [4.69, 9.17) is 0 Å². The van der Waals surface area contributed by atoms with E-state index in [1.165, 1.54) is 16.7 Å². The van der Waals surface area contributed by atoms with Gasteiger partial charge in [0.2, 0.25) is 0 Å². The fourth-order valence-electron chi connectivity index (χ4n) is 1.14. The Kier molecular flexibility index (Phi) is 4.41. The maximum atomic E-state index is 2.17. The molecular formula is C13H16S. The standard InChI is InChI=1S/C8H10.C5H6S/c1-7-4-3-5-8(2)6-7;1-5-2-3-6-4-5/h3-6H,1-2H3;2-4H,1H3. The Balaban J connectivity index is 0.000000146. The second-order valence-corrected chi connectivity index (χ2v) is 4.24. The summed E-state index contributed by atoms with van der Waals surface area (Å²) in [5.41, 5.74) is 4.04. The van der Waals surface area contributed by atoms with Gasteiger partial charge in [-0.15, -0.1) is 0 Å². The van der Waals surface area contributed by atoms with E-state index in [1.807, 2.05) is 0 Å². The minimum absolute atomic E-state index is 1.34. The Morgan fingerprint density at radius 2 is 1.50 bits per heavy atom. The van der Waals surface area contributed by atoms with Gasteiger partial charge in [0.15, 0.2) is 0 Å². The number of benzene rings is 1. The molecule has 2 rings (SSSR count). The van der Waals surface area contributed by atoms with Gasteiger partial charge in [0.05, 0.1) is 0 Å². The summed E-state index contributed by atoms with van der Waals surface area (Å²) >= 11 is 1.74. The summed E-state index contributed by atoms with van der Waals surface area (Å²) in [7, 11) is 0. The first-order valence-electron chi connectivity index (χ1n) is 4.70. The largest absolute Gasteiger partial charge is 0.152 e. The minimum Gasteiger partial charge on any atom is -0.152 e. The Labute approximate surface area is 90.2 Å². The number of aryl methyl sites for hydroxylation is 3. The van der Waals surface area contributed by atoms with Gasteiger partial charge in [-0.3, -0.25) is 0 Å². The lowest BCUT2D eigenvalue weighted by atomic mass is 10.2. The third kappa shape index (κ3) is 4.24. The molecule has 1 heteroatoms. The molecule has 0 amide bonds. The molecule has 0 bridgehead atoms. The van der Waals surface area contributed by atoms with Gasteiger partial charge in [-0.25, -0.2) is 0 Å². The highest BCUT2D eigenvalue weighted by Crippen LogP contribution is 2.01. The highest BCUT2D eigenvalue weighted by atomic mass is 32.1. The van der Waals surface area contributed by atoms with Gasteiger partial charge in [-0.2, -0.15) is 11.3 Å². The van der Waals surface area contributed by atoms with Gasteiger partial charge in [-0.05, 0) is 43.2 Å². The van der Waals surface area contributed by atoms with Crippen LogP contribution < -0.4 is 0 Å². The zero-order chi connectivity index (χ0) is 10.4. The predicted octanol–water partition coefficient (Wildman–Crippen LogP) is 4.36. The van der Waals surface area contributed by atoms with Crippen LogP contribution >= 0.6 is 11.3 Å². The number of hydrogen-bond acceptors (Lipinski definition) is 1. The summed E-state index contributed by atoms with van der Waals surface area (Å²) in [6.07, 6.45) is 0. The second kappa shape index (κ2) is 5.61. The Morgan fingerprint density at radius 3 is 1.71 bits per heavy atom. The van der Waals surface area contributed by atoms with E-state index in [0.29, 0.717) is 0 Å². The van der Waals surface area contributed by atoms with Crippen molar-refractivity contribution >= 4 is 11.3 Å². The molecule has 1 heterocycles. The molecule has 0 spiro atoms. The molecule has 0 unspecified atom stereocenters. The molecule has 74 valence electrons. The third-order valence-electron chi connectivity index (χ3n) is 1.84. The van der Waals surface area contributed by atoms with Gasteiger partial charge in [-0.1, -0.05) is 35.4 Å². The molecule has 1 aromatic carbocycles. The van der Waals surface area contributed by atoms with Crippen LogP contribution in [0.25, 0.3) is 0 Å². The van der Waals surface area contributed by atoms with Crippen LogP contribution in [0.15, 0.2) is 41.1 Å². The lowest BCUT2D eigenvalue weighted by molar-refractivity contribution is 1.39. The normalized spacial score (nSPS) is 9.07. The van der Waals surface area contributed by atoms with Gasteiger partial charge >= 0.3 is 0 Å². The van der Waals surface area contributed by atoms with Crippen molar-refractivity contribution in [1.82, 2.24) is 0 Å². The zero-order valence-corrected chi connectivity index (χ0v) is 9.77. The Bertz CT molecular complexity index is 343. The zero-order valence-electron chi connectivity index (χ0n) is 8.95. The Morgan fingerprint density at radius 1 is 0.857 bits per heavy atom. The van der Waals surface area contributed by atoms with Crippen molar-refractivity contribution < 1.29 is 0 Å². The maximum Gasteiger partial charge on any atom is -0.00641 e. The summed E-state index contributed by atoms with van der Waals surface area (Å²) in [4.78, 5) is 0. The van der Waals surface area contributed by atoms with Crippen molar-refractivity contribution in [2.75, 3.05) is 0 Å². The van der Waals surface area contributed by atoms with Crippen molar-refractivity contribution in [1.29, 1.82) is 0 Å². The van der Waals surface area contributed by atoms with Crippen molar-refractivity contribution in [3.8, 4) is 0 Å². The van der Waals surface area contributed by atoms with Crippen LogP contribution in [-0.2, 0) is 0 Å². The van der Waals surface area contributed by atoms with Gasteiger partial charge in [0, 0.05) is 0 Å². The molecule has 0 saturated carbocycles. The summed E-state index contributed by atoms with van der Waals surface area (Å²) in [5.74, 6) is 0. The molecule has 2 aromatic rings.